The Bertz CT molecular complexity index is 276. The second-order valence-corrected chi connectivity index (χ2v) is 5.78. The number of hydrogen-bond donors (Lipinski definition) is 0. The van der Waals surface area contributed by atoms with Crippen LogP contribution in [0.25, 0.3) is 0 Å². The average molecular weight is 336 g/mol. The van der Waals surface area contributed by atoms with Gasteiger partial charge in [-0.1, -0.05) is 0 Å². The molecule has 0 saturated heterocycles. The summed E-state index contributed by atoms with van der Waals surface area (Å²) in [6.45, 7) is 10.1. The summed E-state index contributed by atoms with van der Waals surface area (Å²) in [6.07, 6.45) is 0.253. The molecule has 0 atom stereocenters. The number of hydrogen-bond acceptors (Lipinski definition) is 7. The first-order valence-corrected chi connectivity index (χ1v) is 7.97. The van der Waals surface area contributed by atoms with Gasteiger partial charge in [-0.2, -0.15) is 0 Å². The van der Waals surface area contributed by atoms with Crippen molar-refractivity contribution in [2.75, 3.05) is 66.6 Å². The Hall–Kier alpha value is -0.730. The molecule has 7 heteroatoms. The van der Waals surface area contributed by atoms with Gasteiger partial charge in [0.15, 0.2) is 0 Å². The van der Waals surface area contributed by atoms with E-state index >= 15 is 0 Å². The van der Waals surface area contributed by atoms with Gasteiger partial charge in [0.25, 0.3) is 0 Å². The summed E-state index contributed by atoms with van der Waals surface area (Å²) in [7, 11) is 1.64. The number of ether oxygens (including phenoxy) is 6. The van der Waals surface area contributed by atoms with Gasteiger partial charge in [-0.3, -0.25) is 4.79 Å². The quantitative estimate of drug-likeness (QED) is 0.331. The van der Waals surface area contributed by atoms with Crippen LogP contribution in [0.4, 0.5) is 0 Å². The predicted octanol–water partition coefficient (Wildman–Crippen LogP) is 1.43. The molecule has 23 heavy (non-hydrogen) atoms. The van der Waals surface area contributed by atoms with E-state index in [0.717, 1.165) is 0 Å². The van der Waals surface area contributed by atoms with E-state index in [1.165, 1.54) is 0 Å². The molecule has 0 aliphatic heterocycles. The summed E-state index contributed by atoms with van der Waals surface area (Å²) in [5.41, 5.74) is -0.449. The molecule has 0 aromatic heterocycles. The number of methoxy groups -OCH3 is 1. The minimum atomic E-state index is -0.449. The number of carbonyl (C=O) groups excluding carboxylic acids is 1. The van der Waals surface area contributed by atoms with E-state index in [4.69, 9.17) is 28.4 Å². The fourth-order valence-electron chi connectivity index (χ4n) is 1.45. The molecular formula is C16H32O7. The van der Waals surface area contributed by atoms with E-state index in [-0.39, 0.29) is 12.4 Å². The van der Waals surface area contributed by atoms with Crippen LogP contribution in [0.15, 0.2) is 0 Å². The van der Waals surface area contributed by atoms with Crippen molar-refractivity contribution in [2.24, 2.45) is 0 Å². The van der Waals surface area contributed by atoms with Gasteiger partial charge in [0, 0.05) is 7.11 Å². The lowest BCUT2D eigenvalue weighted by Crippen LogP contribution is -2.24. The maximum absolute atomic E-state index is 11.4. The average Bonchev–Trinajstić information content (AvgIpc) is 2.46. The lowest BCUT2D eigenvalue weighted by molar-refractivity contribution is -0.156. The second kappa shape index (κ2) is 14.8. The third kappa shape index (κ3) is 19.2. The van der Waals surface area contributed by atoms with Gasteiger partial charge in [-0.15, -0.1) is 0 Å². The van der Waals surface area contributed by atoms with Crippen LogP contribution in [0.1, 0.15) is 27.2 Å². The minimum absolute atomic E-state index is 0.250. The summed E-state index contributed by atoms with van der Waals surface area (Å²) in [5, 5.41) is 0. The molecule has 0 aliphatic rings. The third-order valence-corrected chi connectivity index (χ3v) is 2.42. The zero-order valence-electron chi connectivity index (χ0n) is 14.9. The standard InChI is InChI=1S/C16H32O7/c1-16(2,3)23-15(17)5-6-19-9-10-21-13-14-22-12-11-20-8-7-18-4/h5-14H2,1-4H3. The highest BCUT2D eigenvalue weighted by atomic mass is 16.6. The monoisotopic (exact) mass is 336 g/mol. The van der Waals surface area contributed by atoms with Crippen LogP contribution in [-0.4, -0.2) is 78.1 Å². The van der Waals surface area contributed by atoms with E-state index < -0.39 is 5.60 Å². The van der Waals surface area contributed by atoms with Crippen molar-refractivity contribution in [1.82, 2.24) is 0 Å². The molecule has 0 spiro atoms. The number of carbonyl (C=O) groups is 1. The minimum Gasteiger partial charge on any atom is -0.460 e. The Morgan fingerprint density at radius 1 is 0.696 bits per heavy atom. The Kier molecular flexibility index (Phi) is 14.4. The SMILES string of the molecule is COCCOCCOCCOCCOCCC(=O)OC(C)(C)C. The zero-order chi connectivity index (χ0) is 17.4. The number of esters is 1. The first kappa shape index (κ1) is 22.3. The summed E-state index contributed by atoms with van der Waals surface area (Å²) in [5.74, 6) is -0.250. The van der Waals surface area contributed by atoms with Gasteiger partial charge in [0.05, 0.1) is 65.9 Å². The smallest absolute Gasteiger partial charge is 0.308 e. The molecule has 0 fully saturated rings. The van der Waals surface area contributed by atoms with Gasteiger partial charge >= 0.3 is 5.97 Å². The summed E-state index contributed by atoms with van der Waals surface area (Å²) < 4.78 is 31.2. The molecule has 0 bridgehead atoms. The van der Waals surface area contributed by atoms with E-state index in [2.05, 4.69) is 0 Å². The van der Waals surface area contributed by atoms with Crippen molar-refractivity contribution >= 4 is 5.97 Å². The van der Waals surface area contributed by atoms with E-state index in [9.17, 15) is 4.79 Å². The fraction of sp³-hybridized carbons (Fsp3) is 0.938. The van der Waals surface area contributed by atoms with E-state index in [1.54, 1.807) is 7.11 Å². The van der Waals surface area contributed by atoms with E-state index in [0.29, 0.717) is 59.5 Å². The topological polar surface area (TPSA) is 72.5 Å². The van der Waals surface area contributed by atoms with Gasteiger partial charge in [-0.25, -0.2) is 0 Å². The second-order valence-electron chi connectivity index (χ2n) is 5.78. The summed E-state index contributed by atoms with van der Waals surface area (Å²) >= 11 is 0. The first-order chi connectivity index (χ1) is 11.0. The predicted molar refractivity (Wildman–Crippen MR) is 85.6 cm³/mol. The highest BCUT2D eigenvalue weighted by Gasteiger charge is 2.15. The van der Waals surface area contributed by atoms with Gasteiger partial charge in [-0.05, 0) is 20.8 Å². The molecule has 0 aromatic rings. The van der Waals surface area contributed by atoms with Crippen molar-refractivity contribution in [1.29, 1.82) is 0 Å². The molecule has 0 rings (SSSR count). The molecule has 0 aromatic carbocycles. The van der Waals surface area contributed by atoms with Gasteiger partial charge < -0.3 is 28.4 Å². The molecule has 0 N–H and O–H groups in total. The van der Waals surface area contributed by atoms with E-state index in [1.807, 2.05) is 20.8 Å². The van der Waals surface area contributed by atoms with Crippen molar-refractivity contribution in [2.45, 2.75) is 32.8 Å². The Balaban J connectivity index is 3.15. The van der Waals surface area contributed by atoms with Crippen molar-refractivity contribution in [3.8, 4) is 0 Å². The van der Waals surface area contributed by atoms with Crippen LogP contribution in [0.2, 0.25) is 0 Å². The third-order valence-electron chi connectivity index (χ3n) is 2.42. The Morgan fingerprint density at radius 3 is 1.48 bits per heavy atom. The van der Waals surface area contributed by atoms with Crippen molar-refractivity contribution < 1.29 is 33.2 Å². The van der Waals surface area contributed by atoms with Gasteiger partial charge in [0.1, 0.15) is 5.60 Å². The maximum atomic E-state index is 11.4. The zero-order valence-corrected chi connectivity index (χ0v) is 14.9. The lowest BCUT2D eigenvalue weighted by Gasteiger charge is -2.19. The van der Waals surface area contributed by atoms with Gasteiger partial charge in [0.2, 0.25) is 0 Å². The first-order valence-electron chi connectivity index (χ1n) is 7.97. The highest BCUT2D eigenvalue weighted by molar-refractivity contribution is 5.69. The molecule has 0 amide bonds. The molecule has 0 aliphatic carbocycles. The fourth-order valence-corrected chi connectivity index (χ4v) is 1.45. The van der Waals surface area contributed by atoms with Crippen LogP contribution >= 0.6 is 0 Å². The Labute approximate surface area is 139 Å². The summed E-state index contributed by atoms with van der Waals surface area (Å²) in [4.78, 5) is 11.4. The molecular weight excluding hydrogens is 304 g/mol. The maximum Gasteiger partial charge on any atom is 0.308 e. The van der Waals surface area contributed by atoms with Crippen LogP contribution < -0.4 is 0 Å². The van der Waals surface area contributed by atoms with Crippen LogP contribution in [0.5, 0.6) is 0 Å². The van der Waals surface area contributed by atoms with Crippen molar-refractivity contribution in [3.63, 3.8) is 0 Å². The molecule has 7 nitrogen and oxygen atoms in total. The molecule has 0 unspecified atom stereocenters. The van der Waals surface area contributed by atoms with Crippen molar-refractivity contribution in [3.05, 3.63) is 0 Å². The molecule has 138 valence electrons. The van der Waals surface area contributed by atoms with Crippen LogP contribution in [0.3, 0.4) is 0 Å². The summed E-state index contributed by atoms with van der Waals surface area (Å²) in [6, 6.07) is 0. The van der Waals surface area contributed by atoms with Crippen LogP contribution in [0, 0.1) is 0 Å². The largest absolute Gasteiger partial charge is 0.460 e. The Morgan fingerprint density at radius 2 is 1.09 bits per heavy atom. The van der Waals surface area contributed by atoms with Crippen LogP contribution in [-0.2, 0) is 33.2 Å². The molecule has 0 radical (unpaired) electrons. The molecule has 0 saturated carbocycles. The lowest BCUT2D eigenvalue weighted by atomic mass is 10.2. The molecule has 0 heterocycles. The number of rotatable bonds is 15. The normalized spacial score (nSPS) is 11.7. The highest BCUT2D eigenvalue weighted by Crippen LogP contribution is 2.07.